The maximum absolute atomic E-state index is 13.5. The maximum Gasteiger partial charge on any atom is 0.258 e. The minimum Gasteiger partial charge on any atom is -0.386 e. The van der Waals surface area contributed by atoms with Gasteiger partial charge in [0.1, 0.15) is 5.69 Å². The number of carbonyl (C=O) groups is 1. The van der Waals surface area contributed by atoms with Crippen molar-refractivity contribution in [2.45, 2.75) is 0 Å². The summed E-state index contributed by atoms with van der Waals surface area (Å²) in [6.45, 7) is 0. The quantitative estimate of drug-likeness (QED) is 0.677. The Kier molecular flexibility index (Phi) is 4.06. The number of amides is 1. The van der Waals surface area contributed by atoms with E-state index in [0.29, 0.717) is 0 Å². The summed E-state index contributed by atoms with van der Waals surface area (Å²) in [5.74, 6) is -7.50. The molecule has 1 aromatic carbocycles. The normalized spacial score (nSPS) is 10.3. The van der Waals surface area contributed by atoms with Crippen molar-refractivity contribution in [1.82, 2.24) is 4.98 Å². The maximum atomic E-state index is 13.5. The standard InChI is InChI=1S/C13H9F4N3O/c1-18-9-5-19-3-2-6(9)13(21)20-12-10(16)7(14)4-8(15)11(12)17/h2-5,18H,1H3,(H,20,21). The van der Waals surface area contributed by atoms with Gasteiger partial charge in [0.15, 0.2) is 23.3 Å². The molecule has 1 aromatic heterocycles. The first-order chi connectivity index (χ1) is 9.95. The van der Waals surface area contributed by atoms with Crippen molar-refractivity contribution in [2.24, 2.45) is 0 Å². The highest BCUT2D eigenvalue weighted by Gasteiger charge is 2.22. The Morgan fingerprint density at radius 2 is 1.76 bits per heavy atom. The molecule has 0 fully saturated rings. The van der Waals surface area contributed by atoms with Gasteiger partial charge in [-0.25, -0.2) is 17.6 Å². The van der Waals surface area contributed by atoms with E-state index in [1.54, 1.807) is 0 Å². The third-order valence-corrected chi connectivity index (χ3v) is 2.69. The molecule has 0 bridgehead atoms. The van der Waals surface area contributed by atoms with E-state index in [1.807, 2.05) is 5.32 Å². The number of carbonyl (C=O) groups excluding carboxylic acids is 1. The number of rotatable bonds is 3. The van der Waals surface area contributed by atoms with Crippen LogP contribution in [-0.4, -0.2) is 17.9 Å². The second-order valence-electron chi connectivity index (χ2n) is 3.97. The summed E-state index contributed by atoms with van der Waals surface area (Å²) in [4.78, 5) is 15.7. The molecule has 2 N–H and O–H groups in total. The van der Waals surface area contributed by atoms with Gasteiger partial charge in [-0.05, 0) is 6.07 Å². The fourth-order valence-electron chi connectivity index (χ4n) is 1.66. The number of hydrogen-bond acceptors (Lipinski definition) is 3. The third kappa shape index (κ3) is 2.78. The van der Waals surface area contributed by atoms with Crippen LogP contribution < -0.4 is 10.6 Å². The molecule has 0 saturated carbocycles. The molecule has 0 spiro atoms. The Balaban J connectivity index is 2.41. The van der Waals surface area contributed by atoms with Crippen LogP contribution in [0.3, 0.4) is 0 Å². The highest BCUT2D eigenvalue weighted by atomic mass is 19.2. The van der Waals surface area contributed by atoms with Crippen LogP contribution >= 0.6 is 0 Å². The summed E-state index contributed by atoms with van der Waals surface area (Å²) in [7, 11) is 1.51. The van der Waals surface area contributed by atoms with Crippen molar-refractivity contribution >= 4 is 17.3 Å². The summed E-state index contributed by atoms with van der Waals surface area (Å²) in [6.07, 6.45) is 2.60. The number of anilines is 2. The summed E-state index contributed by atoms with van der Waals surface area (Å²) in [5, 5.41) is 4.47. The molecule has 0 aliphatic heterocycles. The van der Waals surface area contributed by atoms with Crippen LogP contribution in [0.2, 0.25) is 0 Å². The Morgan fingerprint density at radius 3 is 2.33 bits per heavy atom. The predicted octanol–water partition coefficient (Wildman–Crippen LogP) is 2.93. The summed E-state index contributed by atoms with van der Waals surface area (Å²) >= 11 is 0. The second-order valence-corrected chi connectivity index (χ2v) is 3.97. The highest BCUT2D eigenvalue weighted by Crippen LogP contribution is 2.25. The molecule has 21 heavy (non-hydrogen) atoms. The molecule has 1 amide bonds. The number of aromatic nitrogens is 1. The first kappa shape index (κ1) is 14.8. The fraction of sp³-hybridized carbons (Fsp3) is 0.0769. The zero-order valence-electron chi connectivity index (χ0n) is 10.7. The van der Waals surface area contributed by atoms with Gasteiger partial charge in [0.2, 0.25) is 0 Å². The first-order valence-corrected chi connectivity index (χ1v) is 5.71. The Morgan fingerprint density at radius 1 is 1.14 bits per heavy atom. The van der Waals surface area contributed by atoms with Crippen molar-refractivity contribution < 1.29 is 22.4 Å². The molecule has 0 radical (unpaired) electrons. The van der Waals surface area contributed by atoms with Crippen LogP contribution in [0.25, 0.3) is 0 Å². The minimum absolute atomic E-state index is 0.0102. The number of halogens is 4. The Bertz CT molecular complexity index is 680. The van der Waals surface area contributed by atoms with Gasteiger partial charge in [0.05, 0.1) is 17.4 Å². The lowest BCUT2D eigenvalue weighted by atomic mass is 10.2. The van der Waals surface area contributed by atoms with Gasteiger partial charge in [-0.3, -0.25) is 9.78 Å². The van der Waals surface area contributed by atoms with E-state index >= 15 is 0 Å². The van der Waals surface area contributed by atoms with Gasteiger partial charge in [0, 0.05) is 19.3 Å². The van der Waals surface area contributed by atoms with E-state index in [2.05, 4.69) is 10.3 Å². The number of pyridine rings is 1. The molecule has 0 unspecified atom stereocenters. The van der Waals surface area contributed by atoms with Gasteiger partial charge in [-0.15, -0.1) is 0 Å². The summed E-state index contributed by atoms with van der Waals surface area (Å²) in [6, 6.07) is 1.35. The van der Waals surface area contributed by atoms with Crippen molar-refractivity contribution in [3.05, 3.63) is 53.4 Å². The predicted molar refractivity (Wildman–Crippen MR) is 68.0 cm³/mol. The molecule has 2 rings (SSSR count). The van der Waals surface area contributed by atoms with Gasteiger partial charge in [-0.1, -0.05) is 0 Å². The van der Waals surface area contributed by atoms with Crippen LogP contribution in [-0.2, 0) is 0 Å². The lowest BCUT2D eigenvalue weighted by Crippen LogP contribution is -2.17. The van der Waals surface area contributed by atoms with Crippen molar-refractivity contribution in [3.63, 3.8) is 0 Å². The Labute approximate surface area is 116 Å². The second kappa shape index (κ2) is 5.78. The van der Waals surface area contributed by atoms with Crippen LogP contribution in [0.15, 0.2) is 24.5 Å². The summed E-state index contributed by atoms with van der Waals surface area (Å²) in [5.41, 5.74) is -0.889. The largest absolute Gasteiger partial charge is 0.386 e. The minimum atomic E-state index is -1.68. The van der Waals surface area contributed by atoms with Crippen LogP contribution in [0.5, 0.6) is 0 Å². The monoisotopic (exact) mass is 299 g/mol. The highest BCUT2D eigenvalue weighted by molar-refractivity contribution is 6.08. The van der Waals surface area contributed by atoms with Crippen LogP contribution in [0.1, 0.15) is 10.4 Å². The van der Waals surface area contributed by atoms with Crippen molar-refractivity contribution in [1.29, 1.82) is 0 Å². The lowest BCUT2D eigenvalue weighted by Gasteiger charge is -2.11. The van der Waals surface area contributed by atoms with E-state index in [-0.39, 0.29) is 17.3 Å². The van der Waals surface area contributed by atoms with Gasteiger partial charge in [0.25, 0.3) is 5.91 Å². The van der Waals surface area contributed by atoms with Crippen molar-refractivity contribution in [3.8, 4) is 0 Å². The SMILES string of the molecule is CNc1cnccc1C(=O)Nc1c(F)c(F)cc(F)c1F. The molecule has 1 heterocycles. The molecule has 4 nitrogen and oxygen atoms in total. The average Bonchev–Trinajstić information content (AvgIpc) is 2.49. The van der Waals surface area contributed by atoms with E-state index in [9.17, 15) is 22.4 Å². The van der Waals surface area contributed by atoms with E-state index in [4.69, 9.17) is 0 Å². The van der Waals surface area contributed by atoms with E-state index in [1.165, 1.54) is 25.5 Å². The molecule has 2 aromatic rings. The molecule has 110 valence electrons. The van der Waals surface area contributed by atoms with E-state index in [0.717, 1.165) is 0 Å². The van der Waals surface area contributed by atoms with Gasteiger partial charge < -0.3 is 10.6 Å². The zero-order valence-corrected chi connectivity index (χ0v) is 10.7. The van der Waals surface area contributed by atoms with Gasteiger partial charge in [-0.2, -0.15) is 0 Å². The molecule has 0 atom stereocenters. The smallest absolute Gasteiger partial charge is 0.258 e. The molecule has 8 heteroatoms. The van der Waals surface area contributed by atoms with E-state index < -0.39 is 34.9 Å². The summed E-state index contributed by atoms with van der Waals surface area (Å²) < 4.78 is 53.1. The zero-order chi connectivity index (χ0) is 15.6. The van der Waals surface area contributed by atoms with Gasteiger partial charge >= 0.3 is 0 Å². The first-order valence-electron chi connectivity index (χ1n) is 5.71. The van der Waals surface area contributed by atoms with Crippen LogP contribution in [0.4, 0.5) is 28.9 Å². The molecular formula is C13H9F4N3O. The molecule has 0 aliphatic carbocycles. The molecule has 0 aliphatic rings. The average molecular weight is 299 g/mol. The third-order valence-electron chi connectivity index (χ3n) is 2.69. The van der Waals surface area contributed by atoms with Crippen LogP contribution in [0, 0.1) is 23.3 Å². The topological polar surface area (TPSA) is 54.0 Å². The molecular weight excluding hydrogens is 290 g/mol. The lowest BCUT2D eigenvalue weighted by molar-refractivity contribution is 0.102. The Hall–Kier alpha value is -2.64. The van der Waals surface area contributed by atoms with Crippen molar-refractivity contribution in [2.75, 3.05) is 17.7 Å². The number of nitrogens with one attached hydrogen (secondary N) is 2. The number of hydrogen-bond donors (Lipinski definition) is 2. The fourth-order valence-corrected chi connectivity index (χ4v) is 1.66. The number of nitrogens with zero attached hydrogens (tertiary/aromatic N) is 1. The molecule has 0 saturated heterocycles. The number of benzene rings is 1.